The van der Waals surface area contributed by atoms with E-state index >= 15 is 0 Å². The number of aliphatic hydroxyl groups is 1. The summed E-state index contributed by atoms with van der Waals surface area (Å²) in [5.41, 5.74) is 0.0658. The fraction of sp³-hybridized carbons (Fsp3) is 0.925. The van der Waals surface area contributed by atoms with E-state index in [-0.39, 0.29) is 57.7 Å². The molecule has 0 aliphatic heterocycles. The number of hydrogen-bond donors (Lipinski definition) is 3. The Hall–Kier alpha value is -1.43. The molecule has 0 bridgehead atoms. The summed E-state index contributed by atoms with van der Waals surface area (Å²) in [7, 11) is 0. The van der Waals surface area contributed by atoms with E-state index < -0.39 is 11.4 Å². The van der Waals surface area contributed by atoms with Crippen LogP contribution in [0.1, 0.15) is 164 Å². The first-order valence-electron chi connectivity index (χ1n) is 19.3. The second-order valence-electron chi connectivity index (χ2n) is 18.2. The number of carboxylic acid groups (broad SMARTS) is 1. The molecule has 262 valence electrons. The summed E-state index contributed by atoms with van der Waals surface area (Å²) in [6.45, 7) is 14.9. The second kappa shape index (κ2) is 13.5. The van der Waals surface area contributed by atoms with Crippen LogP contribution in [-0.2, 0) is 14.4 Å². The molecule has 0 radical (unpaired) electrons. The molecule has 5 aliphatic rings. The normalized spacial score (nSPS) is 42.7. The Morgan fingerprint density at radius 2 is 1.35 bits per heavy atom. The van der Waals surface area contributed by atoms with E-state index in [1.165, 1.54) is 25.7 Å². The zero-order chi connectivity index (χ0) is 33.5. The molecule has 0 spiro atoms. The van der Waals surface area contributed by atoms with Crippen LogP contribution >= 0.6 is 0 Å². The molecule has 5 saturated carbocycles. The van der Waals surface area contributed by atoms with Gasteiger partial charge in [0.25, 0.3) is 0 Å². The van der Waals surface area contributed by atoms with Crippen molar-refractivity contribution in [2.75, 3.05) is 6.54 Å². The molecule has 1 amide bonds. The first kappa shape index (κ1) is 35.9. The topological polar surface area (TPSA) is 104 Å². The molecule has 0 aromatic rings. The number of fused-ring (bicyclic) bond motifs is 7. The third kappa shape index (κ3) is 5.91. The Bertz CT molecular complexity index is 1130. The number of carboxylic acids is 1. The van der Waals surface area contributed by atoms with Crippen LogP contribution in [0.25, 0.3) is 0 Å². The summed E-state index contributed by atoms with van der Waals surface area (Å²) in [4.78, 5) is 38.1. The van der Waals surface area contributed by atoms with Gasteiger partial charge < -0.3 is 15.5 Å². The van der Waals surface area contributed by atoms with Crippen LogP contribution in [0, 0.1) is 56.7 Å². The number of nitrogens with one attached hydrogen (secondary N) is 1. The maximum absolute atomic E-state index is 14.2. The van der Waals surface area contributed by atoms with E-state index in [2.05, 4.69) is 39.9 Å². The second-order valence-corrected chi connectivity index (χ2v) is 18.2. The van der Waals surface area contributed by atoms with Crippen LogP contribution in [0.4, 0.5) is 0 Å². The van der Waals surface area contributed by atoms with Gasteiger partial charge in [-0.15, -0.1) is 0 Å². The largest absolute Gasteiger partial charge is 0.481 e. The summed E-state index contributed by atoms with van der Waals surface area (Å²) in [5, 5.41) is 23.2. The Balaban J connectivity index is 1.24. The molecule has 0 saturated heterocycles. The lowest BCUT2D eigenvalue weighted by Crippen LogP contribution is -2.67. The van der Waals surface area contributed by atoms with Gasteiger partial charge in [0.05, 0.1) is 11.5 Å². The van der Waals surface area contributed by atoms with Crippen molar-refractivity contribution in [2.45, 2.75) is 170 Å². The maximum Gasteiger partial charge on any atom is 0.303 e. The van der Waals surface area contributed by atoms with E-state index in [1.807, 2.05) is 0 Å². The minimum atomic E-state index is -0.700. The molecule has 0 heterocycles. The summed E-state index contributed by atoms with van der Waals surface area (Å²) >= 11 is 0. The predicted octanol–water partition coefficient (Wildman–Crippen LogP) is 8.73. The summed E-state index contributed by atoms with van der Waals surface area (Å²) in [6.07, 6.45) is 18.9. The highest BCUT2D eigenvalue weighted by atomic mass is 16.4. The van der Waals surface area contributed by atoms with Gasteiger partial charge in [0.2, 0.25) is 5.91 Å². The minimum absolute atomic E-state index is 0.00158. The molecule has 1 unspecified atom stereocenters. The molecule has 10 atom stereocenters. The van der Waals surface area contributed by atoms with E-state index in [0.717, 1.165) is 96.4 Å². The van der Waals surface area contributed by atoms with Gasteiger partial charge in [0.1, 0.15) is 5.78 Å². The van der Waals surface area contributed by atoms with Crippen molar-refractivity contribution in [2.24, 2.45) is 56.7 Å². The van der Waals surface area contributed by atoms with Gasteiger partial charge in [0.15, 0.2) is 0 Å². The molecule has 6 heteroatoms. The number of unbranched alkanes of at least 4 members (excludes halogenated alkanes) is 7. The van der Waals surface area contributed by atoms with Crippen LogP contribution in [-0.4, -0.2) is 40.5 Å². The molecular formula is C40H67NO5. The average molecular weight is 642 g/mol. The quantitative estimate of drug-likeness (QED) is 0.175. The standard InChI is InChI=1S/C40H67NO5/c1-27(42)28-18-23-40(35(46)41-26-14-12-10-8-7-9-11-13-15-33(44)45)25-24-38(5)29(34(28)40)16-17-31-37(4)21-20-32(43)36(2,3)30(37)19-22-39(31,38)6/h28-32,34,43H,7-26H2,1-6H3,(H,41,46)(H,44,45)/t28-,29+,30-,31+,32?,34+,37-,38+,39+,40-/m0/s1. The lowest BCUT2D eigenvalue weighted by Gasteiger charge is -2.72. The molecule has 5 rings (SSSR count). The van der Waals surface area contributed by atoms with Crippen molar-refractivity contribution in [3.63, 3.8) is 0 Å². The predicted molar refractivity (Wildman–Crippen MR) is 183 cm³/mol. The lowest BCUT2D eigenvalue weighted by molar-refractivity contribution is -0.246. The number of aliphatic carboxylic acids is 1. The summed E-state index contributed by atoms with van der Waals surface area (Å²) in [6, 6.07) is 0. The highest BCUT2D eigenvalue weighted by Crippen LogP contribution is 2.77. The highest BCUT2D eigenvalue weighted by molar-refractivity contribution is 5.87. The first-order chi connectivity index (χ1) is 21.6. The molecule has 0 aromatic carbocycles. The van der Waals surface area contributed by atoms with Crippen molar-refractivity contribution in [1.29, 1.82) is 0 Å². The zero-order valence-corrected chi connectivity index (χ0v) is 30.2. The molecule has 5 aliphatic carbocycles. The number of hydrogen-bond acceptors (Lipinski definition) is 4. The van der Waals surface area contributed by atoms with E-state index in [4.69, 9.17) is 5.11 Å². The monoisotopic (exact) mass is 642 g/mol. The minimum Gasteiger partial charge on any atom is -0.481 e. The van der Waals surface area contributed by atoms with Gasteiger partial charge in [-0.25, -0.2) is 0 Å². The van der Waals surface area contributed by atoms with Crippen LogP contribution in [0.5, 0.6) is 0 Å². The number of carbonyl (C=O) groups is 3. The van der Waals surface area contributed by atoms with Gasteiger partial charge in [-0.1, -0.05) is 73.1 Å². The van der Waals surface area contributed by atoms with Crippen LogP contribution in [0.2, 0.25) is 0 Å². The SMILES string of the molecule is CC(=O)[C@@H]1CC[C@]2(C(=O)NCCCCCCCCCCC(=O)O)CC[C@]3(C)[C@H](CC[C@@H]4[C@@]5(C)CCC(O)C(C)(C)[C@@H]5CC[C@]43C)[C@@H]12. The number of carbonyl (C=O) groups excluding carboxylic acids is 2. The van der Waals surface area contributed by atoms with Crippen LogP contribution in [0.15, 0.2) is 0 Å². The number of amides is 1. The Morgan fingerprint density at radius 1 is 0.696 bits per heavy atom. The van der Waals surface area contributed by atoms with E-state index in [0.29, 0.717) is 17.8 Å². The van der Waals surface area contributed by atoms with Gasteiger partial charge in [-0.05, 0) is 129 Å². The van der Waals surface area contributed by atoms with Crippen molar-refractivity contribution in [3.05, 3.63) is 0 Å². The smallest absolute Gasteiger partial charge is 0.303 e. The van der Waals surface area contributed by atoms with E-state index in [9.17, 15) is 19.5 Å². The Labute approximate surface area is 280 Å². The van der Waals surface area contributed by atoms with Crippen molar-refractivity contribution in [3.8, 4) is 0 Å². The van der Waals surface area contributed by atoms with Crippen LogP contribution in [0.3, 0.4) is 0 Å². The van der Waals surface area contributed by atoms with Crippen LogP contribution < -0.4 is 5.32 Å². The molecule has 3 N–H and O–H groups in total. The molecule has 5 fully saturated rings. The third-order valence-corrected chi connectivity index (χ3v) is 16.0. The van der Waals surface area contributed by atoms with Crippen molar-refractivity contribution in [1.82, 2.24) is 5.32 Å². The maximum atomic E-state index is 14.2. The van der Waals surface area contributed by atoms with Gasteiger partial charge in [0, 0.05) is 18.9 Å². The third-order valence-electron chi connectivity index (χ3n) is 16.0. The zero-order valence-electron chi connectivity index (χ0n) is 30.2. The molecule has 46 heavy (non-hydrogen) atoms. The number of ketones is 1. The Kier molecular flexibility index (Phi) is 10.5. The van der Waals surface area contributed by atoms with Gasteiger partial charge >= 0.3 is 5.97 Å². The van der Waals surface area contributed by atoms with Crippen molar-refractivity contribution < 1.29 is 24.6 Å². The molecular weight excluding hydrogens is 574 g/mol. The summed E-state index contributed by atoms with van der Waals surface area (Å²) in [5.74, 6) is 1.53. The Morgan fingerprint density at radius 3 is 2.00 bits per heavy atom. The fourth-order valence-electron chi connectivity index (χ4n) is 13.3. The molecule has 0 aromatic heterocycles. The number of rotatable bonds is 13. The van der Waals surface area contributed by atoms with Gasteiger partial charge in [-0.3, -0.25) is 14.4 Å². The molecule has 6 nitrogen and oxygen atoms in total. The highest BCUT2D eigenvalue weighted by Gasteiger charge is 2.72. The number of aliphatic hydroxyl groups excluding tert-OH is 1. The lowest BCUT2D eigenvalue weighted by atomic mass is 9.32. The first-order valence-corrected chi connectivity index (χ1v) is 19.3. The number of Topliss-reactive ketones (excluding diaryl/α,β-unsaturated/α-hetero) is 1. The fourth-order valence-corrected chi connectivity index (χ4v) is 13.3. The van der Waals surface area contributed by atoms with Gasteiger partial charge in [-0.2, -0.15) is 0 Å². The summed E-state index contributed by atoms with van der Waals surface area (Å²) < 4.78 is 0. The average Bonchev–Trinajstić information content (AvgIpc) is 3.39. The van der Waals surface area contributed by atoms with E-state index in [1.54, 1.807) is 6.92 Å². The van der Waals surface area contributed by atoms with Crippen molar-refractivity contribution >= 4 is 17.7 Å².